The summed E-state index contributed by atoms with van der Waals surface area (Å²) >= 11 is 3.14. The first-order valence-electron chi connectivity index (χ1n) is 6.04. The Morgan fingerprint density at radius 1 is 1.53 bits per heavy atom. The zero-order valence-corrected chi connectivity index (χ0v) is 12.5. The number of aromatic nitrogens is 1. The van der Waals surface area contributed by atoms with Crippen LogP contribution < -0.4 is 5.32 Å². The Kier molecular flexibility index (Phi) is 5.07. The van der Waals surface area contributed by atoms with Crippen LogP contribution in [-0.4, -0.2) is 17.6 Å². The van der Waals surface area contributed by atoms with E-state index in [1.807, 2.05) is 31.4 Å². The Labute approximate surface area is 120 Å². The molecule has 0 fully saturated rings. The number of carbonyl (C=O) groups is 1. The van der Waals surface area contributed by atoms with E-state index >= 15 is 0 Å². The predicted molar refractivity (Wildman–Crippen MR) is 77.4 cm³/mol. The number of aryl methyl sites for hydroxylation is 1. The second-order valence-electron chi connectivity index (χ2n) is 3.95. The molecule has 0 radical (unpaired) electrons. The van der Waals surface area contributed by atoms with Gasteiger partial charge in [0.05, 0.1) is 22.7 Å². The number of rotatable bonds is 6. The highest BCUT2D eigenvalue weighted by molar-refractivity contribution is 7.10. The van der Waals surface area contributed by atoms with E-state index in [4.69, 9.17) is 4.74 Å². The molecular weight excluding hydrogens is 280 g/mol. The molecule has 1 atom stereocenters. The van der Waals surface area contributed by atoms with Crippen molar-refractivity contribution in [3.8, 4) is 0 Å². The summed E-state index contributed by atoms with van der Waals surface area (Å²) in [5.74, 6) is -0.244. The van der Waals surface area contributed by atoms with Crippen LogP contribution in [0.4, 0.5) is 0 Å². The molecule has 0 aliphatic carbocycles. The number of ether oxygens (including phenoxy) is 1. The summed E-state index contributed by atoms with van der Waals surface area (Å²) in [6.07, 6.45) is 0. The molecule has 2 rings (SSSR count). The van der Waals surface area contributed by atoms with Gasteiger partial charge in [0.25, 0.3) is 0 Å². The van der Waals surface area contributed by atoms with E-state index in [1.165, 1.54) is 16.2 Å². The Morgan fingerprint density at radius 2 is 2.37 bits per heavy atom. The van der Waals surface area contributed by atoms with E-state index in [0.717, 1.165) is 10.6 Å². The third-order valence-electron chi connectivity index (χ3n) is 2.63. The minimum Gasteiger partial charge on any atom is -0.465 e. The zero-order valence-electron chi connectivity index (χ0n) is 10.9. The van der Waals surface area contributed by atoms with E-state index in [9.17, 15) is 4.79 Å². The molecular formula is C13H16N2O2S2. The van der Waals surface area contributed by atoms with Crippen LogP contribution in [0.2, 0.25) is 0 Å². The van der Waals surface area contributed by atoms with E-state index in [1.54, 1.807) is 16.8 Å². The van der Waals surface area contributed by atoms with Crippen molar-refractivity contribution >= 4 is 28.6 Å². The topological polar surface area (TPSA) is 51.2 Å². The highest BCUT2D eigenvalue weighted by Crippen LogP contribution is 2.23. The Hall–Kier alpha value is -1.24. The third-order valence-corrected chi connectivity index (χ3v) is 4.50. The van der Waals surface area contributed by atoms with Gasteiger partial charge < -0.3 is 4.74 Å². The van der Waals surface area contributed by atoms with Gasteiger partial charge in [0.2, 0.25) is 0 Å². The van der Waals surface area contributed by atoms with Crippen LogP contribution >= 0.6 is 22.7 Å². The average molecular weight is 296 g/mol. The molecule has 2 heterocycles. The highest BCUT2D eigenvalue weighted by atomic mass is 32.1. The summed E-state index contributed by atoms with van der Waals surface area (Å²) < 4.78 is 5.13. The SMILES string of the molecule is CCOC(=O)C(NCc1cccs1)c1scnc1C. The lowest BCUT2D eigenvalue weighted by Crippen LogP contribution is -2.29. The summed E-state index contributed by atoms with van der Waals surface area (Å²) in [5, 5.41) is 5.28. The number of thiazole rings is 1. The van der Waals surface area contributed by atoms with Crippen LogP contribution in [0.5, 0.6) is 0 Å². The van der Waals surface area contributed by atoms with Crippen LogP contribution in [0.25, 0.3) is 0 Å². The van der Waals surface area contributed by atoms with Gasteiger partial charge in [-0.05, 0) is 25.3 Å². The zero-order chi connectivity index (χ0) is 13.7. The summed E-state index contributed by atoms with van der Waals surface area (Å²) in [6.45, 7) is 4.75. The second-order valence-corrected chi connectivity index (χ2v) is 5.87. The monoisotopic (exact) mass is 296 g/mol. The van der Waals surface area contributed by atoms with Crippen LogP contribution in [0.1, 0.15) is 28.4 Å². The van der Waals surface area contributed by atoms with Gasteiger partial charge in [0.1, 0.15) is 6.04 Å². The van der Waals surface area contributed by atoms with Crippen LogP contribution in [0.15, 0.2) is 23.0 Å². The summed E-state index contributed by atoms with van der Waals surface area (Å²) in [4.78, 5) is 18.4. The fraction of sp³-hybridized carbons (Fsp3) is 0.385. The van der Waals surface area contributed by atoms with E-state index in [0.29, 0.717) is 13.2 Å². The maximum atomic E-state index is 12.1. The lowest BCUT2D eigenvalue weighted by atomic mass is 10.2. The fourth-order valence-corrected chi connectivity index (χ4v) is 3.23. The predicted octanol–water partition coefficient (Wildman–Crippen LogP) is 2.91. The van der Waals surface area contributed by atoms with Crippen LogP contribution in [0, 0.1) is 6.92 Å². The summed E-state index contributed by atoms with van der Waals surface area (Å²) in [7, 11) is 0. The maximum absolute atomic E-state index is 12.1. The number of nitrogens with one attached hydrogen (secondary N) is 1. The van der Waals surface area contributed by atoms with Gasteiger partial charge in [-0.2, -0.15) is 0 Å². The molecule has 0 bridgehead atoms. The van der Waals surface area contributed by atoms with Crippen molar-refractivity contribution in [2.45, 2.75) is 26.4 Å². The number of thiophene rings is 1. The summed E-state index contributed by atoms with van der Waals surface area (Å²) in [6, 6.07) is 3.60. The minimum absolute atomic E-state index is 0.244. The Morgan fingerprint density at radius 3 is 2.95 bits per heavy atom. The first-order chi connectivity index (χ1) is 9.22. The Bertz CT molecular complexity index is 522. The van der Waals surface area contributed by atoms with Crippen molar-refractivity contribution in [2.75, 3.05) is 6.61 Å². The maximum Gasteiger partial charge on any atom is 0.328 e. The molecule has 0 spiro atoms. The number of esters is 1. The van der Waals surface area contributed by atoms with Crippen molar-refractivity contribution in [1.29, 1.82) is 0 Å². The number of hydrogen-bond acceptors (Lipinski definition) is 6. The molecule has 0 saturated carbocycles. The fourth-order valence-electron chi connectivity index (χ4n) is 1.71. The molecule has 2 aromatic rings. The third kappa shape index (κ3) is 3.62. The molecule has 0 aliphatic rings. The average Bonchev–Trinajstić information content (AvgIpc) is 3.02. The molecule has 0 amide bonds. The molecule has 0 aromatic carbocycles. The van der Waals surface area contributed by atoms with Crippen molar-refractivity contribution in [3.05, 3.63) is 38.5 Å². The van der Waals surface area contributed by atoms with Gasteiger partial charge in [0, 0.05) is 11.4 Å². The largest absolute Gasteiger partial charge is 0.465 e. The highest BCUT2D eigenvalue weighted by Gasteiger charge is 2.25. The van der Waals surface area contributed by atoms with Crippen molar-refractivity contribution in [3.63, 3.8) is 0 Å². The molecule has 19 heavy (non-hydrogen) atoms. The molecule has 0 saturated heterocycles. The van der Waals surface area contributed by atoms with Crippen LogP contribution in [-0.2, 0) is 16.1 Å². The van der Waals surface area contributed by atoms with Gasteiger partial charge >= 0.3 is 5.97 Å². The standard InChI is InChI=1S/C13H16N2O2S2/c1-3-17-13(16)11(12-9(2)15-8-19-12)14-7-10-5-4-6-18-10/h4-6,8,11,14H,3,7H2,1-2H3. The van der Waals surface area contributed by atoms with E-state index < -0.39 is 6.04 Å². The molecule has 1 N–H and O–H groups in total. The smallest absolute Gasteiger partial charge is 0.328 e. The molecule has 0 aliphatic heterocycles. The minimum atomic E-state index is -0.436. The van der Waals surface area contributed by atoms with Gasteiger partial charge in [-0.1, -0.05) is 6.07 Å². The molecule has 2 aromatic heterocycles. The number of hydrogen-bond donors (Lipinski definition) is 1. The van der Waals surface area contributed by atoms with E-state index in [2.05, 4.69) is 10.3 Å². The van der Waals surface area contributed by atoms with Gasteiger partial charge in [-0.3, -0.25) is 5.32 Å². The summed E-state index contributed by atoms with van der Waals surface area (Å²) in [5.41, 5.74) is 2.63. The van der Waals surface area contributed by atoms with Crippen molar-refractivity contribution in [1.82, 2.24) is 10.3 Å². The number of carbonyl (C=O) groups excluding carboxylic acids is 1. The first kappa shape index (κ1) is 14.2. The van der Waals surface area contributed by atoms with Crippen molar-refractivity contribution < 1.29 is 9.53 Å². The van der Waals surface area contributed by atoms with Gasteiger partial charge in [-0.25, -0.2) is 9.78 Å². The molecule has 102 valence electrons. The van der Waals surface area contributed by atoms with E-state index in [-0.39, 0.29) is 5.97 Å². The first-order valence-corrected chi connectivity index (χ1v) is 7.80. The van der Waals surface area contributed by atoms with Crippen molar-refractivity contribution in [2.24, 2.45) is 0 Å². The molecule has 6 heteroatoms. The number of nitrogens with zero attached hydrogens (tertiary/aromatic N) is 1. The second kappa shape index (κ2) is 6.79. The van der Waals surface area contributed by atoms with Crippen LogP contribution in [0.3, 0.4) is 0 Å². The quantitative estimate of drug-likeness (QED) is 0.833. The lowest BCUT2D eigenvalue weighted by Gasteiger charge is -2.16. The van der Waals surface area contributed by atoms with Gasteiger partial charge in [-0.15, -0.1) is 22.7 Å². The Balaban J connectivity index is 2.10. The lowest BCUT2D eigenvalue weighted by molar-refractivity contribution is -0.145. The van der Waals surface area contributed by atoms with Gasteiger partial charge in [0.15, 0.2) is 0 Å². The molecule has 4 nitrogen and oxygen atoms in total. The normalized spacial score (nSPS) is 12.3. The molecule has 1 unspecified atom stereocenters.